The normalized spacial score (nSPS) is 54.2. The van der Waals surface area contributed by atoms with Gasteiger partial charge in [0.2, 0.25) is 0 Å². The number of hydrogen-bond acceptors (Lipinski definition) is 10. The van der Waals surface area contributed by atoms with Gasteiger partial charge in [-0.15, -0.1) is 0 Å². The van der Waals surface area contributed by atoms with Crippen LogP contribution in [0.25, 0.3) is 0 Å². The van der Waals surface area contributed by atoms with Gasteiger partial charge in [-0.25, -0.2) is 0 Å². The van der Waals surface area contributed by atoms with E-state index in [1.165, 1.54) is 0 Å². The molecule has 0 aromatic carbocycles. The molecule has 6 fully saturated rings. The molecule has 6 rings (SSSR count). The molecule has 0 aromatic heterocycles. The summed E-state index contributed by atoms with van der Waals surface area (Å²) in [4.78, 5) is 11.8. The van der Waals surface area contributed by atoms with E-state index < -0.39 is 41.3 Å². The fraction of sp³-hybridized carbons (Fsp3) is 0.975. The van der Waals surface area contributed by atoms with Crippen molar-refractivity contribution in [2.24, 2.45) is 41.4 Å². The second-order valence-corrected chi connectivity index (χ2v) is 18.4. The number of methoxy groups -OCH3 is 1. The Hall–Kier alpha value is -0.890. The number of rotatable bonds is 9. The van der Waals surface area contributed by atoms with Gasteiger partial charge >= 0.3 is 5.97 Å². The molecule has 0 amide bonds. The van der Waals surface area contributed by atoms with E-state index in [0.29, 0.717) is 6.42 Å². The number of ether oxygens (including phenoxy) is 7. The first-order valence-corrected chi connectivity index (χ1v) is 20.0. The molecule has 0 bridgehead atoms. The van der Waals surface area contributed by atoms with Gasteiger partial charge in [-0.3, -0.25) is 4.79 Å². The molecule has 0 aliphatic carbocycles. The standard InChI is InChI=1S/C40H68O11/c1-21-11-12-28(46-33(21)26(6)36(42)43)17-29-18-30(45-10)27(7)40(48-29)25(5)19-38(9,51-40)32-13-14-37(8,49-32)35-23(3)16-31(47-35)34-22(2)15-24(4)39(44,20-41)50-34/h21-35,41,44H,11-20H2,1-10H3,(H,42,43)/t21-,22-,23-,24+,25+,26+,27+,28+,29+,30+,31?,32?,33?,34?,35?,37-,38-,39-,40+/m0/s1. The lowest BCUT2D eigenvalue weighted by atomic mass is 9.78. The smallest absolute Gasteiger partial charge is 0.308 e. The van der Waals surface area contributed by atoms with Crippen molar-refractivity contribution in [3.63, 3.8) is 0 Å². The maximum Gasteiger partial charge on any atom is 0.308 e. The number of hydrogen-bond donors (Lipinski definition) is 3. The minimum Gasteiger partial charge on any atom is -0.481 e. The third-order valence-electron chi connectivity index (χ3n) is 14.4. The maximum absolute atomic E-state index is 11.8. The fourth-order valence-corrected chi connectivity index (χ4v) is 11.3. The largest absolute Gasteiger partial charge is 0.481 e. The average Bonchev–Trinajstić information content (AvgIpc) is 3.75. The molecule has 51 heavy (non-hydrogen) atoms. The van der Waals surface area contributed by atoms with E-state index in [9.17, 15) is 20.1 Å². The van der Waals surface area contributed by atoms with Crippen molar-refractivity contribution in [2.45, 2.75) is 192 Å². The monoisotopic (exact) mass is 724 g/mol. The second-order valence-electron chi connectivity index (χ2n) is 18.4. The van der Waals surface area contributed by atoms with E-state index in [0.717, 1.165) is 51.4 Å². The molecule has 6 saturated heterocycles. The van der Waals surface area contributed by atoms with Crippen LogP contribution in [0.2, 0.25) is 0 Å². The van der Waals surface area contributed by atoms with Crippen molar-refractivity contribution in [3.8, 4) is 0 Å². The zero-order chi connectivity index (χ0) is 37.3. The lowest BCUT2D eigenvalue weighted by Gasteiger charge is -2.50. The Kier molecular flexibility index (Phi) is 11.4. The van der Waals surface area contributed by atoms with Crippen molar-refractivity contribution in [1.82, 2.24) is 0 Å². The average molecular weight is 725 g/mol. The van der Waals surface area contributed by atoms with Gasteiger partial charge in [0.15, 0.2) is 11.6 Å². The molecular weight excluding hydrogens is 656 g/mol. The predicted octanol–water partition coefficient (Wildman–Crippen LogP) is 5.71. The van der Waals surface area contributed by atoms with Crippen LogP contribution in [-0.2, 0) is 38.0 Å². The molecule has 11 heteroatoms. The first-order valence-electron chi connectivity index (χ1n) is 20.0. The molecular formula is C40H68O11. The Labute approximate surface area is 305 Å². The van der Waals surface area contributed by atoms with Crippen LogP contribution in [0.1, 0.15) is 120 Å². The number of carbonyl (C=O) groups is 1. The number of aliphatic carboxylic acids is 1. The molecule has 5 unspecified atom stereocenters. The van der Waals surface area contributed by atoms with Crippen LogP contribution in [0.15, 0.2) is 0 Å². The fourth-order valence-electron chi connectivity index (χ4n) is 11.3. The zero-order valence-corrected chi connectivity index (χ0v) is 32.8. The Bertz CT molecular complexity index is 1230. The number of carboxylic acids is 1. The minimum atomic E-state index is -1.55. The van der Waals surface area contributed by atoms with Crippen LogP contribution < -0.4 is 0 Å². The quantitative estimate of drug-likeness (QED) is 0.269. The molecule has 19 atom stereocenters. The molecule has 0 aromatic rings. The summed E-state index contributed by atoms with van der Waals surface area (Å²) in [5.41, 5.74) is -1.10. The van der Waals surface area contributed by atoms with Gasteiger partial charge in [-0.2, -0.15) is 0 Å². The highest BCUT2D eigenvalue weighted by molar-refractivity contribution is 5.70. The second kappa shape index (κ2) is 14.6. The summed E-state index contributed by atoms with van der Waals surface area (Å²) in [6.07, 6.45) is 5.85. The van der Waals surface area contributed by atoms with Crippen molar-refractivity contribution in [3.05, 3.63) is 0 Å². The lowest BCUT2D eigenvalue weighted by Crippen LogP contribution is -2.58. The van der Waals surface area contributed by atoms with Crippen LogP contribution in [-0.4, -0.2) is 107 Å². The van der Waals surface area contributed by atoms with Crippen LogP contribution >= 0.6 is 0 Å². The summed E-state index contributed by atoms with van der Waals surface area (Å²) in [5.74, 6) is -3.26. The van der Waals surface area contributed by atoms with E-state index in [2.05, 4.69) is 48.5 Å². The van der Waals surface area contributed by atoms with E-state index in [4.69, 9.17) is 33.2 Å². The molecule has 6 aliphatic rings. The highest BCUT2D eigenvalue weighted by Gasteiger charge is 2.65. The van der Waals surface area contributed by atoms with Gasteiger partial charge in [-0.05, 0) is 83.5 Å². The summed E-state index contributed by atoms with van der Waals surface area (Å²) in [6.45, 7) is 18.4. The van der Waals surface area contributed by atoms with Gasteiger partial charge in [0.1, 0.15) is 0 Å². The summed E-state index contributed by atoms with van der Waals surface area (Å²) >= 11 is 0. The van der Waals surface area contributed by atoms with Gasteiger partial charge in [0, 0.05) is 37.7 Å². The van der Waals surface area contributed by atoms with Crippen LogP contribution in [0, 0.1) is 41.4 Å². The number of carboxylic acid groups (broad SMARTS) is 1. The zero-order valence-electron chi connectivity index (χ0n) is 32.8. The van der Waals surface area contributed by atoms with E-state index in [1.54, 1.807) is 14.0 Å². The lowest BCUT2D eigenvalue weighted by molar-refractivity contribution is -0.353. The third kappa shape index (κ3) is 7.19. The maximum atomic E-state index is 11.8. The molecule has 0 radical (unpaired) electrons. The minimum absolute atomic E-state index is 0.00727. The molecule has 11 nitrogen and oxygen atoms in total. The van der Waals surface area contributed by atoms with Gasteiger partial charge < -0.3 is 48.5 Å². The Morgan fingerprint density at radius 3 is 2.25 bits per heavy atom. The Morgan fingerprint density at radius 1 is 0.863 bits per heavy atom. The Morgan fingerprint density at radius 2 is 1.59 bits per heavy atom. The van der Waals surface area contributed by atoms with E-state index in [-0.39, 0.29) is 84.3 Å². The van der Waals surface area contributed by atoms with Crippen LogP contribution in [0.3, 0.4) is 0 Å². The molecule has 3 N–H and O–H groups in total. The molecule has 0 saturated carbocycles. The summed E-state index contributed by atoms with van der Waals surface area (Å²) in [5, 5.41) is 30.7. The van der Waals surface area contributed by atoms with Crippen LogP contribution in [0.5, 0.6) is 0 Å². The van der Waals surface area contributed by atoms with E-state index in [1.807, 2.05) is 6.92 Å². The molecule has 6 aliphatic heterocycles. The molecule has 294 valence electrons. The van der Waals surface area contributed by atoms with Crippen molar-refractivity contribution >= 4 is 5.97 Å². The third-order valence-corrected chi connectivity index (χ3v) is 14.4. The molecule has 6 heterocycles. The van der Waals surface area contributed by atoms with Crippen molar-refractivity contribution < 1.29 is 53.3 Å². The highest BCUT2D eigenvalue weighted by Crippen LogP contribution is 2.57. The van der Waals surface area contributed by atoms with Gasteiger partial charge in [-0.1, -0.05) is 41.5 Å². The Balaban J connectivity index is 1.13. The predicted molar refractivity (Wildman–Crippen MR) is 189 cm³/mol. The number of aliphatic hydroxyl groups is 2. The van der Waals surface area contributed by atoms with Crippen molar-refractivity contribution in [1.29, 1.82) is 0 Å². The first kappa shape index (κ1) is 39.8. The van der Waals surface area contributed by atoms with Crippen molar-refractivity contribution in [2.75, 3.05) is 13.7 Å². The van der Waals surface area contributed by atoms with Gasteiger partial charge in [0.25, 0.3) is 0 Å². The molecule has 1 spiro atoms. The van der Waals surface area contributed by atoms with Gasteiger partial charge in [0.05, 0.1) is 72.6 Å². The summed E-state index contributed by atoms with van der Waals surface area (Å²) in [6, 6.07) is 0. The summed E-state index contributed by atoms with van der Waals surface area (Å²) in [7, 11) is 1.77. The number of aliphatic hydroxyl groups excluding tert-OH is 1. The SMILES string of the molecule is CO[C@@H]1C[C@@H](C[C@H]2CC[C@H](C)C([C@@H](C)C(=O)O)O2)O[C@]2(O[C@](C)(C3CC[C@@](C)(C4OC(C5O[C@@](O)(CO)[C@H](C)C[C@@H]5C)C[C@@H]4C)O3)C[C@H]2C)[C@@H]1C. The van der Waals surface area contributed by atoms with E-state index >= 15 is 0 Å². The highest BCUT2D eigenvalue weighted by atomic mass is 16.7. The topological polar surface area (TPSA) is 142 Å². The van der Waals surface area contributed by atoms with Crippen LogP contribution in [0.4, 0.5) is 0 Å². The summed E-state index contributed by atoms with van der Waals surface area (Å²) < 4.78 is 47.0. The first-order chi connectivity index (χ1) is 23.9.